The lowest BCUT2D eigenvalue weighted by molar-refractivity contribution is -0.0587. The predicted molar refractivity (Wildman–Crippen MR) is 93.4 cm³/mol. The second-order valence-electron chi connectivity index (χ2n) is 6.91. The molecule has 0 unspecified atom stereocenters. The maximum absolute atomic E-state index is 14.1. The Hall–Kier alpha value is -2.37. The molecule has 0 amide bonds. The van der Waals surface area contributed by atoms with Gasteiger partial charge in [0.2, 0.25) is 0 Å². The Morgan fingerprint density at radius 3 is 2.54 bits per heavy atom. The fourth-order valence-electron chi connectivity index (χ4n) is 2.99. The van der Waals surface area contributed by atoms with Gasteiger partial charge in [-0.1, -0.05) is 13.8 Å². The van der Waals surface area contributed by atoms with Crippen LogP contribution >= 0.6 is 0 Å². The molecule has 0 fully saturated rings. The Kier molecular flexibility index (Phi) is 4.78. The van der Waals surface area contributed by atoms with Crippen molar-refractivity contribution in [1.29, 1.82) is 0 Å². The van der Waals surface area contributed by atoms with Crippen LogP contribution in [0.25, 0.3) is 10.9 Å². The molecule has 1 aromatic carbocycles. The highest BCUT2D eigenvalue weighted by Gasteiger charge is 2.34. The van der Waals surface area contributed by atoms with E-state index in [9.17, 15) is 17.6 Å². The number of benzene rings is 1. The first-order valence-corrected chi connectivity index (χ1v) is 8.44. The molecule has 3 aromatic rings. The number of halogens is 4. The van der Waals surface area contributed by atoms with Crippen molar-refractivity contribution in [2.45, 2.75) is 39.7 Å². The van der Waals surface area contributed by atoms with Gasteiger partial charge in [0, 0.05) is 36.2 Å². The summed E-state index contributed by atoms with van der Waals surface area (Å²) in [6, 6.07) is 5.50. The van der Waals surface area contributed by atoms with Gasteiger partial charge in [0.15, 0.2) is 0 Å². The molecule has 0 bridgehead atoms. The van der Waals surface area contributed by atoms with Crippen LogP contribution in [0.2, 0.25) is 0 Å². The molecular formula is C20H20F4N2. The van der Waals surface area contributed by atoms with Crippen molar-refractivity contribution in [3.8, 4) is 0 Å². The molecule has 0 spiro atoms. The number of rotatable bonds is 5. The van der Waals surface area contributed by atoms with E-state index in [0.29, 0.717) is 27.7 Å². The van der Waals surface area contributed by atoms with Crippen molar-refractivity contribution < 1.29 is 17.6 Å². The SMILES string of the molecule is Cc1cc(F)cc(F)c1Cc1nccc2c1ccn2CC(F)(F)C(C)C. The average Bonchev–Trinajstić information content (AvgIpc) is 2.94. The Morgan fingerprint density at radius 1 is 1.15 bits per heavy atom. The van der Waals surface area contributed by atoms with Gasteiger partial charge in [-0.25, -0.2) is 17.6 Å². The van der Waals surface area contributed by atoms with Crippen LogP contribution in [-0.4, -0.2) is 15.5 Å². The predicted octanol–water partition coefficient (Wildman–Crippen LogP) is 5.51. The van der Waals surface area contributed by atoms with Gasteiger partial charge in [0.1, 0.15) is 11.6 Å². The lowest BCUT2D eigenvalue weighted by Gasteiger charge is -2.21. The molecule has 0 atom stereocenters. The third-order valence-electron chi connectivity index (χ3n) is 4.73. The molecule has 6 heteroatoms. The van der Waals surface area contributed by atoms with E-state index in [2.05, 4.69) is 4.98 Å². The maximum atomic E-state index is 14.1. The third kappa shape index (κ3) is 3.45. The molecule has 0 aliphatic rings. The standard InChI is InChI=1S/C20H20F4N2/c1-12(2)20(23,24)11-26-7-5-15-18(25-6-4-19(15)26)10-16-13(3)8-14(21)9-17(16)22/h4-9,12H,10-11H2,1-3H3. The van der Waals surface area contributed by atoms with E-state index >= 15 is 0 Å². The molecule has 26 heavy (non-hydrogen) atoms. The molecule has 0 saturated carbocycles. The van der Waals surface area contributed by atoms with E-state index in [0.717, 1.165) is 6.07 Å². The molecule has 2 aromatic heterocycles. The number of alkyl halides is 2. The quantitative estimate of drug-likeness (QED) is 0.546. The lowest BCUT2D eigenvalue weighted by Crippen LogP contribution is -2.29. The largest absolute Gasteiger partial charge is 0.341 e. The highest BCUT2D eigenvalue weighted by Crippen LogP contribution is 2.29. The Morgan fingerprint density at radius 2 is 1.88 bits per heavy atom. The number of aromatic nitrogens is 2. The van der Waals surface area contributed by atoms with Crippen molar-refractivity contribution >= 4 is 10.9 Å². The van der Waals surface area contributed by atoms with E-state index in [1.165, 1.54) is 30.7 Å². The van der Waals surface area contributed by atoms with Crippen LogP contribution in [-0.2, 0) is 13.0 Å². The van der Waals surface area contributed by atoms with E-state index in [-0.39, 0.29) is 6.42 Å². The zero-order valence-corrected chi connectivity index (χ0v) is 14.9. The zero-order valence-electron chi connectivity index (χ0n) is 14.9. The Bertz CT molecular complexity index is 921. The summed E-state index contributed by atoms with van der Waals surface area (Å²) in [5.74, 6) is -4.88. The van der Waals surface area contributed by atoms with Gasteiger partial charge >= 0.3 is 0 Å². The second-order valence-corrected chi connectivity index (χ2v) is 6.91. The molecule has 2 nitrogen and oxygen atoms in total. The summed E-state index contributed by atoms with van der Waals surface area (Å²) in [6.45, 7) is 4.18. The third-order valence-corrected chi connectivity index (χ3v) is 4.73. The maximum Gasteiger partial charge on any atom is 0.267 e. The first-order chi connectivity index (χ1) is 12.2. The van der Waals surface area contributed by atoms with E-state index in [1.807, 2.05) is 0 Å². The van der Waals surface area contributed by atoms with Gasteiger partial charge in [-0.05, 0) is 36.2 Å². The fraction of sp³-hybridized carbons (Fsp3) is 0.350. The number of aryl methyl sites for hydroxylation is 1. The average molecular weight is 364 g/mol. The fourth-order valence-corrected chi connectivity index (χ4v) is 2.99. The molecule has 138 valence electrons. The number of pyridine rings is 1. The van der Waals surface area contributed by atoms with Gasteiger partial charge in [0.25, 0.3) is 5.92 Å². The minimum absolute atomic E-state index is 0.167. The van der Waals surface area contributed by atoms with E-state index in [1.54, 1.807) is 25.3 Å². The Labute approximate surface area is 149 Å². The molecule has 0 N–H and O–H groups in total. The van der Waals surface area contributed by atoms with Gasteiger partial charge in [-0.2, -0.15) is 0 Å². The first-order valence-electron chi connectivity index (χ1n) is 8.44. The molecule has 0 aliphatic heterocycles. The van der Waals surface area contributed by atoms with Crippen molar-refractivity contribution in [3.05, 3.63) is 65.1 Å². The normalized spacial score (nSPS) is 12.3. The smallest absolute Gasteiger partial charge is 0.267 e. The topological polar surface area (TPSA) is 17.8 Å². The summed E-state index contributed by atoms with van der Waals surface area (Å²) in [5.41, 5.74) is 2.04. The minimum atomic E-state index is -2.84. The van der Waals surface area contributed by atoms with Gasteiger partial charge in [-0.15, -0.1) is 0 Å². The number of hydrogen-bond donors (Lipinski definition) is 0. The summed E-state index contributed by atoms with van der Waals surface area (Å²) in [6.07, 6.45) is 3.29. The van der Waals surface area contributed by atoms with Gasteiger partial charge < -0.3 is 4.57 Å². The van der Waals surface area contributed by atoms with Crippen LogP contribution < -0.4 is 0 Å². The summed E-state index contributed by atoms with van der Waals surface area (Å²) < 4.78 is 57.1. The second kappa shape index (κ2) is 6.74. The molecule has 3 rings (SSSR count). The van der Waals surface area contributed by atoms with E-state index in [4.69, 9.17) is 0 Å². The molecule has 2 heterocycles. The minimum Gasteiger partial charge on any atom is -0.341 e. The number of fused-ring (bicyclic) bond motifs is 1. The lowest BCUT2D eigenvalue weighted by atomic mass is 10.0. The van der Waals surface area contributed by atoms with E-state index < -0.39 is 30.0 Å². The first kappa shape index (κ1) is 18.4. The molecule has 0 saturated heterocycles. The van der Waals surface area contributed by atoms with Crippen molar-refractivity contribution in [3.63, 3.8) is 0 Å². The highest BCUT2D eigenvalue weighted by molar-refractivity contribution is 5.82. The van der Waals surface area contributed by atoms with Crippen LogP contribution in [0.3, 0.4) is 0 Å². The summed E-state index contributed by atoms with van der Waals surface area (Å²) in [5, 5.41) is 0.690. The van der Waals surface area contributed by atoms with Crippen molar-refractivity contribution in [1.82, 2.24) is 9.55 Å². The number of nitrogens with zero attached hydrogens (tertiary/aromatic N) is 2. The van der Waals surface area contributed by atoms with Crippen molar-refractivity contribution in [2.24, 2.45) is 5.92 Å². The van der Waals surface area contributed by atoms with Gasteiger partial charge in [0.05, 0.1) is 17.8 Å². The van der Waals surface area contributed by atoms with Crippen LogP contribution in [0.15, 0.2) is 36.7 Å². The monoisotopic (exact) mass is 364 g/mol. The van der Waals surface area contributed by atoms with Crippen molar-refractivity contribution in [2.75, 3.05) is 0 Å². The molecular weight excluding hydrogens is 344 g/mol. The Balaban J connectivity index is 2.00. The molecule has 0 radical (unpaired) electrons. The van der Waals surface area contributed by atoms with Crippen LogP contribution in [0.4, 0.5) is 17.6 Å². The van der Waals surface area contributed by atoms with Crippen LogP contribution in [0.5, 0.6) is 0 Å². The molecule has 0 aliphatic carbocycles. The highest BCUT2D eigenvalue weighted by atomic mass is 19.3. The number of hydrogen-bond acceptors (Lipinski definition) is 1. The van der Waals surface area contributed by atoms with Crippen LogP contribution in [0.1, 0.15) is 30.7 Å². The van der Waals surface area contributed by atoms with Gasteiger partial charge in [-0.3, -0.25) is 4.98 Å². The van der Waals surface area contributed by atoms with Crippen LogP contribution in [0, 0.1) is 24.5 Å². The zero-order chi connectivity index (χ0) is 19.1. The summed E-state index contributed by atoms with van der Waals surface area (Å²) in [4.78, 5) is 4.29. The summed E-state index contributed by atoms with van der Waals surface area (Å²) >= 11 is 0. The summed E-state index contributed by atoms with van der Waals surface area (Å²) in [7, 11) is 0.